The number of likely N-dealkylation sites (tertiary alicyclic amines) is 1. The number of hydrogen-bond donors (Lipinski definition) is 3. The number of aromatic nitrogens is 2. The molecule has 0 amide bonds. The number of rotatable bonds is 4. The Morgan fingerprint density at radius 1 is 1.05 bits per heavy atom. The van der Waals surface area contributed by atoms with Crippen LogP contribution in [0.3, 0.4) is 0 Å². The second-order valence-electron chi connectivity index (χ2n) is 9.56. The van der Waals surface area contributed by atoms with E-state index in [0.29, 0.717) is 45.7 Å². The normalized spacial score (nSPS) is 16.3. The number of benzene rings is 3. The zero-order valence-corrected chi connectivity index (χ0v) is 21.5. The van der Waals surface area contributed by atoms with E-state index in [1.54, 1.807) is 24.4 Å². The Hall–Kier alpha value is -4.21. The molecule has 196 valence electrons. The predicted octanol–water partition coefficient (Wildman–Crippen LogP) is 5.53. The Bertz CT molecular complexity index is 1600. The molecule has 1 atom stereocenters. The first kappa shape index (κ1) is 25.1. The Balaban J connectivity index is 1.31. The summed E-state index contributed by atoms with van der Waals surface area (Å²) in [6, 6.07) is 16.4. The molecule has 7 nitrogen and oxygen atoms in total. The predicted molar refractivity (Wildman–Crippen MR) is 149 cm³/mol. The minimum absolute atomic E-state index is 0.102. The second kappa shape index (κ2) is 10.2. The van der Waals surface area contributed by atoms with Crippen molar-refractivity contribution in [3.8, 4) is 11.3 Å². The van der Waals surface area contributed by atoms with E-state index in [-0.39, 0.29) is 23.9 Å². The molecule has 1 saturated heterocycles. The van der Waals surface area contributed by atoms with E-state index in [2.05, 4.69) is 15.3 Å². The summed E-state index contributed by atoms with van der Waals surface area (Å²) in [4.78, 5) is 15.7. The summed E-state index contributed by atoms with van der Waals surface area (Å²) in [5.41, 5.74) is 9.94. The van der Waals surface area contributed by atoms with Crippen molar-refractivity contribution in [2.24, 2.45) is 10.7 Å². The van der Waals surface area contributed by atoms with Crippen LogP contribution in [-0.2, 0) is 6.54 Å². The minimum Gasteiger partial charge on any atom is -0.355 e. The van der Waals surface area contributed by atoms with Crippen LogP contribution >= 0.6 is 11.6 Å². The van der Waals surface area contributed by atoms with Gasteiger partial charge in [-0.2, -0.15) is 0 Å². The van der Waals surface area contributed by atoms with Crippen molar-refractivity contribution in [1.29, 1.82) is 5.41 Å². The fraction of sp³-hybridized carbons (Fsp3) is 0.172. The van der Waals surface area contributed by atoms with Gasteiger partial charge in [-0.25, -0.2) is 18.7 Å². The van der Waals surface area contributed by atoms with E-state index in [4.69, 9.17) is 27.7 Å². The third-order valence-corrected chi connectivity index (χ3v) is 7.15. The fourth-order valence-electron chi connectivity index (χ4n) is 4.94. The van der Waals surface area contributed by atoms with Crippen LogP contribution < -0.4 is 11.1 Å². The molecule has 0 radical (unpaired) electrons. The van der Waals surface area contributed by atoms with Crippen molar-refractivity contribution >= 4 is 34.8 Å². The van der Waals surface area contributed by atoms with Gasteiger partial charge in [0.25, 0.3) is 0 Å². The number of hydrogen-bond acceptors (Lipinski definition) is 6. The van der Waals surface area contributed by atoms with Gasteiger partial charge in [-0.15, -0.1) is 0 Å². The standard InChI is InChI=1S/C29H24ClF2N7/c30-18-6-9-21-22(12-18)27(25-23(31)2-1-3-24(25)32)35-13-17-14-36-29(38-26(17)21)37-20-7-4-16(5-8-20)28(34)39-11-10-19(33)15-39/h1-9,12,14,19,34H,10-11,13,15,33H2,(H,36,37,38). The average molecular weight is 544 g/mol. The molecule has 4 aromatic rings. The van der Waals surface area contributed by atoms with Crippen LogP contribution in [0, 0.1) is 17.0 Å². The lowest BCUT2D eigenvalue weighted by atomic mass is 9.95. The highest BCUT2D eigenvalue weighted by atomic mass is 35.5. The van der Waals surface area contributed by atoms with Crippen LogP contribution in [0.15, 0.2) is 71.9 Å². The van der Waals surface area contributed by atoms with E-state index in [0.717, 1.165) is 24.2 Å². The van der Waals surface area contributed by atoms with Gasteiger partial charge >= 0.3 is 0 Å². The molecule has 0 aliphatic carbocycles. The van der Waals surface area contributed by atoms with E-state index in [1.165, 1.54) is 18.2 Å². The first-order valence-electron chi connectivity index (χ1n) is 12.5. The molecule has 1 unspecified atom stereocenters. The molecule has 0 spiro atoms. The number of nitrogens with one attached hydrogen (secondary N) is 2. The van der Waals surface area contributed by atoms with Gasteiger partial charge in [0.1, 0.15) is 17.5 Å². The maximum Gasteiger partial charge on any atom is 0.227 e. The average Bonchev–Trinajstić information content (AvgIpc) is 3.30. The highest BCUT2D eigenvalue weighted by Crippen LogP contribution is 2.34. The van der Waals surface area contributed by atoms with Gasteiger partial charge in [0.2, 0.25) is 5.95 Å². The molecular weight excluding hydrogens is 520 g/mol. The van der Waals surface area contributed by atoms with Crippen LogP contribution in [0.4, 0.5) is 20.4 Å². The van der Waals surface area contributed by atoms with Gasteiger partial charge in [0.05, 0.1) is 23.5 Å². The minimum atomic E-state index is -0.705. The maximum atomic E-state index is 14.8. The molecule has 1 fully saturated rings. The first-order chi connectivity index (χ1) is 18.9. The largest absolute Gasteiger partial charge is 0.355 e. The highest BCUT2D eigenvalue weighted by molar-refractivity contribution is 6.31. The van der Waals surface area contributed by atoms with Crippen molar-refractivity contribution in [1.82, 2.24) is 14.9 Å². The Morgan fingerprint density at radius 3 is 2.54 bits per heavy atom. The summed E-state index contributed by atoms with van der Waals surface area (Å²) >= 11 is 6.30. The number of anilines is 2. The zero-order valence-electron chi connectivity index (χ0n) is 20.8. The summed E-state index contributed by atoms with van der Waals surface area (Å²) in [6.07, 6.45) is 2.54. The summed E-state index contributed by atoms with van der Waals surface area (Å²) < 4.78 is 29.5. The molecule has 2 aliphatic heterocycles. The molecule has 3 heterocycles. The number of halogens is 3. The van der Waals surface area contributed by atoms with Gasteiger partial charge in [-0.1, -0.05) is 23.7 Å². The van der Waals surface area contributed by atoms with Crippen LogP contribution in [-0.4, -0.2) is 45.5 Å². The van der Waals surface area contributed by atoms with Gasteiger partial charge in [0, 0.05) is 58.3 Å². The Morgan fingerprint density at radius 2 is 1.82 bits per heavy atom. The number of fused-ring (bicyclic) bond motifs is 3. The Kier molecular flexibility index (Phi) is 6.54. The molecule has 1 aromatic heterocycles. The van der Waals surface area contributed by atoms with Gasteiger partial charge in [-0.3, -0.25) is 10.4 Å². The van der Waals surface area contributed by atoms with Crippen LogP contribution in [0.1, 0.15) is 28.7 Å². The van der Waals surface area contributed by atoms with Gasteiger partial charge in [0.15, 0.2) is 0 Å². The number of aliphatic imine (C=N–C) groups is 1. The molecular formula is C29H24ClF2N7. The highest BCUT2D eigenvalue weighted by Gasteiger charge is 2.25. The SMILES string of the molecule is N=C(c1ccc(Nc2ncc3c(n2)-c2ccc(Cl)cc2C(c2c(F)cccc2F)=NC3)cc1)N1CCC(N)C1. The fourth-order valence-corrected chi connectivity index (χ4v) is 5.11. The zero-order chi connectivity index (χ0) is 27.1. The molecule has 2 aliphatic rings. The lowest BCUT2D eigenvalue weighted by Gasteiger charge is -2.19. The molecule has 6 rings (SSSR count). The summed E-state index contributed by atoms with van der Waals surface area (Å²) in [5.74, 6) is -0.608. The molecule has 4 N–H and O–H groups in total. The third kappa shape index (κ3) is 4.86. The van der Waals surface area contributed by atoms with Crippen LogP contribution in [0.2, 0.25) is 5.02 Å². The lowest BCUT2D eigenvalue weighted by molar-refractivity contribution is 0.507. The molecule has 39 heavy (non-hydrogen) atoms. The first-order valence-corrected chi connectivity index (χ1v) is 12.9. The molecule has 0 bridgehead atoms. The second-order valence-corrected chi connectivity index (χ2v) is 10.0. The van der Waals surface area contributed by atoms with Gasteiger partial charge in [-0.05, 0) is 55.0 Å². The number of nitrogens with two attached hydrogens (primary N) is 1. The third-order valence-electron chi connectivity index (χ3n) is 6.92. The topological polar surface area (TPSA) is 103 Å². The van der Waals surface area contributed by atoms with E-state index >= 15 is 0 Å². The van der Waals surface area contributed by atoms with E-state index in [9.17, 15) is 8.78 Å². The van der Waals surface area contributed by atoms with E-state index < -0.39 is 11.6 Å². The van der Waals surface area contributed by atoms with Crippen LogP contribution in [0.25, 0.3) is 11.3 Å². The molecule has 0 saturated carbocycles. The van der Waals surface area contributed by atoms with Gasteiger partial charge < -0.3 is 16.0 Å². The van der Waals surface area contributed by atoms with Crippen molar-refractivity contribution in [3.63, 3.8) is 0 Å². The van der Waals surface area contributed by atoms with Crippen molar-refractivity contribution in [3.05, 3.63) is 106 Å². The molecule has 3 aromatic carbocycles. The summed E-state index contributed by atoms with van der Waals surface area (Å²) in [6.45, 7) is 1.61. The maximum absolute atomic E-state index is 14.8. The monoisotopic (exact) mass is 543 g/mol. The van der Waals surface area contributed by atoms with E-state index in [1.807, 2.05) is 29.2 Å². The van der Waals surface area contributed by atoms with Crippen molar-refractivity contribution < 1.29 is 8.78 Å². The smallest absolute Gasteiger partial charge is 0.227 e. The quantitative estimate of drug-likeness (QED) is 0.232. The van der Waals surface area contributed by atoms with Crippen molar-refractivity contribution in [2.75, 3.05) is 18.4 Å². The Labute approximate surface area is 228 Å². The summed E-state index contributed by atoms with van der Waals surface area (Å²) in [5, 5.41) is 12.1. The summed E-state index contributed by atoms with van der Waals surface area (Å²) in [7, 11) is 0. The number of amidine groups is 1. The molecule has 10 heteroatoms. The lowest BCUT2D eigenvalue weighted by Crippen LogP contribution is -2.31. The van der Waals surface area contributed by atoms with Crippen molar-refractivity contribution in [2.45, 2.75) is 19.0 Å². The number of nitrogens with zero attached hydrogens (tertiary/aromatic N) is 4. The van der Waals surface area contributed by atoms with Crippen LogP contribution in [0.5, 0.6) is 0 Å².